The average molecular weight is 237 g/mol. The minimum atomic E-state index is -0.433. The molecule has 0 saturated heterocycles. The van der Waals surface area contributed by atoms with Crippen molar-refractivity contribution in [3.05, 3.63) is 22.8 Å². The number of rotatable bonds is 3. The molecule has 1 atom stereocenters. The Morgan fingerprint density at radius 1 is 1.35 bits per heavy atom. The van der Waals surface area contributed by atoms with Gasteiger partial charge in [0.05, 0.1) is 12.8 Å². The van der Waals surface area contributed by atoms with Gasteiger partial charge in [-0.1, -0.05) is 0 Å². The van der Waals surface area contributed by atoms with E-state index in [1.807, 2.05) is 6.92 Å². The van der Waals surface area contributed by atoms with Gasteiger partial charge in [0.25, 0.3) is 0 Å². The van der Waals surface area contributed by atoms with Crippen molar-refractivity contribution < 1.29 is 14.3 Å². The summed E-state index contributed by atoms with van der Waals surface area (Å²) < 4.78 is 9.90. The van der Waals surface area contributed by atoms with Crippen molar-refractivity contribution in [1.82, 2.24) is 15.3 Å². The summed E-state index contributed by atoms with van der Waals surface area (Å²) in [6, 6.07) is 0. The van der Waals surface area contributed by atoms with Gasteiger partial charge in [-0.3, -0.25) is 0 Å². The van der Waals surface area contributed by atoms with Gasteiger partial charge in [-0.25, -0.2) is 14.8 Å². The first-order chi connectivity index (χ1) is 8.17. The molecule has 0 aliphatic carbocycles. The van der Waals surface area contributed by atoms with Gasteiger partial charge in [0.15, 0.2) is 11.5 Å². The van der Waals surface area contributed by atoms with Crippen molar-refractivity contribution in [2.45, 2.75) is 26.1 Å². The lowest BCUT2D eigenvalue weighted by Gasteiger charge is -2.11. The highest BCUT2D eigenvalue weighted by atomic mass is 16.5. The summed E-state index contributed by atoms with van der Waals surface area (Å²) in [5.41, 5.74) is 2.00. The number of carbonyl (C=O) groups excluding carboxylic acids is 1. The third-order valence-corrected chi connectivity index (χ3v) is 2.80. The first-order valence-electron chi connectivity index (χ1n) is 5.39. The molecule has 0 radical (unpaired) electrons. The standard InChI is InChI=1S/C11H15N3O3/c1-6(16-2)10-13-8-5-12-4-7(8)9(14-10)11(15)17-3/h6,12H,4-5H2,1-3H3. The summed E-state index contributed by atoms with van der Waals surface area (Å²) in [7, 11) is 2.93. The van der Waals surface area contributed by atoms with Crippen LogP contribution in [0, 0.1) is 0 Å². The number of carbonyl (C=O) groups is 1. The van der Waals surface area contributed by atoms with Crippen LogP contribution in [-0.2, 0) is 22.6 Å². The predicted octanol–water partition coefficient (Wildman–Crippen LogP) is 0.574. The Labute approximate surface area is 99.4 Å². The van der Waals surface area contributed by atoms with Crippen molar-refractivity contribution >= 4 is 5.97 Å². The molecule has 2 rings (SSSR count). The van der Waals surface area contributed by atoms with Gasteiger partial charge in [0.1, 0.15) is 6.10 Å². The minimum absolute atomic E-state index is 0.246. The van der Waals surface area contributed by atoms with Crippen molar-refractivity contribution in [2.24, 2.45) is 0 Å². The molecule has 1 aliphatic rings. The van der Waals surface area contributed by atoms with E-state index in [4.69, 9.17) is 9.47 Å². The van der Waals surface area contributed by atoms with Crippen LogP contribution in [-0.4, -0.2) is 30.2 Å². The SMILES string of the molecule is COC(=O)c1nc(C(C)OC)nc2c1CNC2. The van der Waals surface area contributed by atoms with Gasteiger partial charge in [-0.15, -0.1) is 0 Å². The molecule has 0 spiro atoms. The summed E-state index contributed by atoms with van der Waals surface area (Å²) in [5, 5.41) is 3.14. The van der Waals surface area contributed by atoms with Gasteiger partial charge in [0, 0.05) is 25.8 Å². The summed E-state index contributed by atoms with van der Waals surface area (Å²) >= 11 is 0. The van der Waals surface area contributed by atoms with Crippen molar-refractivity contribution in [1.29, 1.82) is 0 Å². The fourth-order valence-corrected chi connectivity index (χ4v) is 1.74. The smallest absolute Gasteiger partial charge is 0.357 e. The van der Waals surface area contributed by atoms with Crippen molar-refractivity contribution in [3.8, 4) is 0 Å². The fourth-order valence-electron chi connectivity index (χ4n) is 1.74. The maximum atomic E-state index is 11.7. The van der Waals surface area contributed by atoms with E-state index in [0.29, 0.717) is 24.6 Å². The third kappa shape index (κ3) is 2.13. The topological polar surface area (TPSA) is 73.3 Å². The van der Waals surface area contributed by atoms with Crippen LogP contribution in [0.1, 0.15) is 40.6 Å². The van der Waals surface area contributed by atoms with E-state index in [0.717, 1.165) is 11.3 Å². The Morgan fingerprint density at radius 3 is 2.76 bits per heavy atom. The summed E-state index contributed by atoms with van der Waals surface area (Å²) in [5.74, 6) is 0.0762. The van der Waals surface area contributed by atoms with Crippen LogP contribution in [0.4, 0.5) is 0 Å². The predicted molar refractivity (Wildman–Crippen MR) is 59.3 cm³/mol. The van der Waals surface area contributed by atoms with Crippen LogP contribution in [0.25, 0.3) is 0 Å². The molecule has 6 heteroatoms. The molecule has 1 N–H and O–H groups in total. The number of hydrogen-bond acceptors (Lipinski definition) is 6. The van der Waals surface area contributed by atoms with E-state index in [2.05, 4.69) is 15.3 Å². The Kier molecular flexibility index (Phi) is 3.35. The molecule has 0 aromatic carbocycles. The largest absolute Gasteiger partial charge is 0.464 e. The lowest BCUT2D eigenvalue weighted by molar-refractivity contribution is 0.0589. The highest BCUT2D eigenvalue weighted by Gasteiger charge is 2.25. The van der Waals surface area contributed by atoms with Gasteiger partial charge < -0.3 is 14.8 Å². The molecular weight excluding hydrogens is 222 g/mol. The van der Waals surface area contributed by atoms with Crippen LogP contribution in [0.5, 0.6) is 0 Å². The van der Waals surface area contributed by atoms with Crippen LogP contribution >= 0.6 is 0 Å². The van der Waals surface area contributed by atoms with E-state index in [1.165, 1.54) is 7.11 Å². The number of methoxy groups -OCH3 is 2. The highest BCUT2D eigenvalue weighted by Crippen LogP contribution is 2.21. The van der Waals surface area contributed by atoms with E-state index in [9.17, 15) is 4.79 Å². The molecule has 1 aromatic rings. The minimum Gasteiger partial charge on any atom is -0.464 e. The zero-order valence-electron chi connectivity index (χ0n) is 10.1. The number of esters is 1. The molecule has 1 unspecified atom stereocenters. The molecule has 0 amide bonds. The lowest BCUT2D eigenvalue weighted by atomic mass is 10.1. The molecule has 92 valence electrons. The number of fused-ring (bicyclic) bond motifs is 1. The van der Waals surface area contributed by atoms with E-state index in [1.54, 1.807) is 7.11 Å². The van der Waals surface area contributed by atoms with Crippen molar-refractivity contribution in [2.75, 3.05) is 14.2 Å². The summed E-state index contributed by atoms with van der Waals surface area (Å²) in [6.45, 7) is 3.08. The second-order valence-electron chi connectivity index (χ2n) is 3.83. The van der Waals surface area contributed by atoms with Gasteiger partial charge in [-0.2, -0.15) is 0 Å². The average Bonchev–Trinajstić information content (AvgIpc) is 2.83. The fraction of sp³-hybridized carbons (Fsp3) is 0.545. The molecule has 0 bridgehead atoms. The Bertz CT molecular complexity index is 448. The van der Waals surface area contributed by atoms with E-state index < -0.39 is 5.97 Å². The number of nitrogens with one attached hydrogen (secondary N) is 1. The third-order valence-electron chi connectivity index (χ3n) is 2.80. The monoisotopic (exact) mass is 237 g/mol. The molecule has 1 aromatic heterocycles. The zero-order valence-corrected chi connectivity index (χ0v) is 10.1. The molecule has 17 heavy (non-hydrogen) atoms. The molecule has 1 aliphatic heterocycles. The Balaban J connectivity index is 2.49. The number of nitrogens with zero attached hydrogens (tertiary/aromatic N) is 2. The molecular formula is C11H15N3O3. The van der Waals surface area contributed by atoms with Gasteiger partial charge in [0.2, 0.25) is 0 Å². The highest BCUT2D eigenvalue weighted by molar-refractivity contribution is 5.89. The second-order valence-corrected chi connectivity index (χ2v) is 3.83. The summed E-state index contributed by atoms with van der Waals surface area (Å²) in [4.78, 5) is 20.3. The zero-order chi connectivity index (χ0) is 12.4. The Hall–Kier alpha value is -1.53. The van der Waals surface area contributed by atoms with Gasteiger partial charge in [-0.05, 0) is 6.92 Å². The van der Waals surface area contributed by atoms with E-state index >= 15 is 0 Å². The molecule has 6 nitrogen and oxygen atoms in total. The second kappa shape index (κ2) is 4.77. The molecule has 0 fully saturated rings. The molecule has 2 heterocycles. The number of hydrogen-bond donors (Lipinski definition) is 1. The van der Waals surface area contributed by atoms with Crippen LogP contribution in [0.15, 0.2) is 0 Å². The maximum Gasteiger partial charge on any atom is 0.357 e. The van der Waals surface area contributed by atoms with E-state index in [-0.39, 0.29) is 6.10 Å². The van der Waals surface area contributed by atoms with Crippen molar-refractivity contribution in [3.63, 3.8) is 0 Å². The molecule has 0 saturated carbocycles. The lowest BCUT2D eigenvalue weighted by Crippen LogP contribution is -2.14. The van der Waals surface area contributed by atoms with Crippen LogP contribution < -0.4 is 5.32 Å². The quantitative estimate of drug-likeness (QED) is 0.775. The summed E-state index contributed by atoms with van der Waals surface area (Å²) in [6.07, 6.45) is -0.246. The number of aromatic nitrogens is 2. The van der Waals surface area contributed by atoms with Crippen LogP contribution in [0.3, 0.4) is 0 Å². The first kappa shape index (κ1) is 11.9. The first-order valence-corrected chi connectivity index (χ1v) is 5.39. The number of ether oxygens (including phenoxy) is 2. The van der Waals surface area contributed by atoms with Crippen LogP contribution in [0.2, 0.25) is 0 Å². The normalized spacial score (nSPS) is 15.5. The van der Waals surface area contributed by atoms with Gasteiger partial charge >= 0.3 is 5.97 Å². The Morgan fingerprint density at radius 2 is 2.12 bits per heavy atom. The maximum absolute atomic E-state index is 11.7.